The lowest BCUT2D eigenvalue weighted by Crippen LogP contribution is -2.53. The van der Waals surface area contributed by atoms with Crippen LogP contribution in [0.3, 0.4) is 0 Å². The fraction of sp³-hybridized carbons (Fsp3) is 0.300. The highest BCUT2D eigenvalue weighted by atomic mass is 32.2. The van der Waals surface area contributed by atoms with Gasteiger partial charge in [0.2, 0.25) is 11.8 Å². The summed E-state index contributed by atoms with van der Waals surface area (Å²) < 4.78 is 5.96. The van der Waals surface area contributed by atoms with Crippen LogP contribution in [-0.4, -0.2) is 57.1 Å². The van der Waals surface area contributed by atoms with Gasteiger partial charge in [0.1, 0.15) is 21.8 Å². The number of ether oxygens (including phenoxy) is 1. The van der Waals surface area contributed by atoms with Crippen molar-refractivity contribution >= 4 is 41.0 Å². The van der Waals surface area contributed by atoms with Gasteiger partial charge >= 0.3 is 6.03 Å². The van der Waals surface area contributed by atoms with Gasteiger partial charge in [-0.25, -0.2) is 9.78 Å². The van der Waals surface area contributed by atoms with E-state index in [0.717, 1.165) is 29.7 Å². The Morgan fingerprint density at radius 2 is 1.98 bits per heavy atom. The summed E-state index contributed by atoms with van der Waals surface area (Å²) in [6.07, 6.45) is 6.22. The molecule has 0 bridgehead atoms. The zero-order chi connectivity index (χ0) is 28.7. The number of hydrogen-bond acceptors (Lipinski definition) is 7. The molecule has 0 saturated carbocycles. The number of rotatable bonds is 6. The molecule has 2 unspecified atom stereocenters. The van der Waals surface area contributed by atoms with Crippen LogP contribution in [0.4, 0.5) is 16.2 Å². The van der Waals surface area contributed by atoms with Gasteiger partial charge in [-0.1, -0.05) is 18.3 Å². The van der Waals surface area contributed by atoms with Crippen molar-refractivity contribution in [1.29, 1.82) is 0 Å². The van der Waals surface area contributed by atoms with Gasteiger partial charge < -0.3 is 20.3 Å². The molecule has 4 amide bonds. The van der Waals surface area contributed by atoms with Crippen molar-refractivity contribution in [1.82, 2.24) is 25.5 Å². The van der Waals surface area contributed by atoms with E-state index < -0.39 is 11.3 Å². The molecule has 1 aromatic carbocycles. The number of piperidine rings is 1. The van der Waals surface area contributed by atoms with E-state index in [4.69, 9.17) is 4.74 Å². The molecule has 3 aliphatic heterocycles. The predicted molar refractivity (Wildman–Crippen MR) is 155 cm³/mol. The van der Waals surface area contributed by atoms with Crippen LogP contribution in [0, 0.1) is 13.8 Å². The second-order valence-electron chi connectivity index (χ2n) is 10.4. The largest absolute Gasteiger partial charge is 0.456 e. The molecule has 0 spiro atoms. The summed E-state index contributed by atoms with van der Waals surface area (Å²) in [5.41, 5.74) is 3.98. The molecule has 2 N–H and O–H groups in total. The van der Waals surface area contributed by atoms with E-state index in [2.05, 4.69) is 27.2 Å². The van der Waals surface area contributed by atoms with E-state index in [9.17, 15) is 14.4 Å². The average Bonchev–Trinajstić information content (AvgIpc) is 3.34. The molecule has 1 saturated heterocycles. The topological polar surface area (TPSA) is 117 Å². The molecule has 41 heavy (non-hydrogen) atoms. The Hall–Kier alpha value is -4.38. The minimum Gasteiger partial charge on any atom is -0.456 e. The third-order valence-corrected chi connectivity index (χ3v) is 8.84. The molecule has 10 nitrogen and oxygen atoms in total. The van der Waals surface area contributed by atoms with Gasteiger partial charge in [0.25, 0.3) is 0 Å². The lowest BCUT2D eigenvalue weighted by molar-refractivity contribution is -0.129. The number of anilines is 2. The van der Waals surface area contributed by atoms with Crippen LogP contribution in [-0.2, 0) is 9.59 Å². The molecule has 1 fully saturated rings. The van der Waals surface area contributed by atoms with E-state index in [1.807, 2.05) is 50.2 Å². The number of amides is 4. The highest BCUT2D eigenvalue weighted by molar-refractivity contribution is 8.01. The van der Waals surface area contributed by atoms with Crippen molar-refractivity contribution < 1.29 is 19.1 Å². The van der Waals surface area contributed by atoms with E-state index in [1.165, 1.54) is 17.8 Å². The first-order valence-corrected chi connectivity index (χ1v) is 14.4. The van der Waals surface area contributed by atoms with Gasteiger partial charge in [0.15, 0.2) is 0 Å². The van der Waals surface area contributed by atoms with Crippen molar-refractivity contribution in [3.63, 3.8) is 0 Å². The number of hydrogen-bond donors (Lipinski definition) is 2. The van der Waals surface area contributed by atoms with E-state index in [1.54, 1.807) is 22.2 Å². The first kappa shape index (κ1) is 26.8. The molecule has 0 aliphatic carbocycles. The van der Waals surface area contributed by atoms with Crippen LogP contribution in [0.1, 0.15) is 35.7 Å². The monoisotopic (exact) mass is 570 g/mol. The van der Waals surface area contributed by atoms with Gasteiger partial charge in [0, 0.05) is 36.6 Å². The number of urea groups is 1. The first-order chi connectivity index (χ1) is 19.8. The quantitative estimate of drug-likeness (QED) is 0.418. The lowest BCUT2D eigenvalue weighted by atomic mass is 9.98. The van der Waals surface area contributed by atoms with Crippen molar-refractivity contribution in [2.75, 3.05) is 18.0 Å². The molecule has 0 radical (unpaired) electrons. The zero-order valence-corrected chi connectivity index (χ0v) is 23.6. The maximum absolute atomic E-state index is 13.6. The summed E-state index contributed by atoms with van der Waals surface area (Å²) in [7, 11) is 0. The summed E-state index contributed by atoms with van der Waals surface area (Å²) in [6, 6.07) is 10.1. The zero-order valence-electron chi connectivity index (χ0n) is 22.8. The molecule has 5 heterocycles. The Balaban J connectivity index is 1.22. The van der Waals surface area contributed by atoms with Crippen LogP contribution < -0.4 is 20.3 Å². The number of nitrogens with zero attached hydrogens (tertiary/aromatic N) is 4. The number of aromatic nitrogens is 2. The van der Waals surface area contributed by atoms with Gasteiger partial charge in [-0.15, -0.1) is 0 Å². The number of nitrogens with one attached hydrogen (secondary N) is 2. The van der Waals surface area contributed by atoms with Crippen LogP contribution in [0.2, 0.25) is 0 Å². The predicted octanol–water partition coefficient (Wildman–Crippen LogP) is 4.56. The third-order valence-electron chi connectivity index (χ3n) is 7.55. The minimum absolute atomic E-state index is 0.137. The Labute approximate surface area is 242 Å². The third kappa shape index (κ3) is 5.13. The standard InChI is InChI=1S/C30H30N6O4S/c1-4-24(37)35-13-5-6-19(16-35)33-28(38)27-26-25-23(11-12-31-29(25)41-27)36(30(39)34-26)22-10-9-20(14-17(22)2)40-21-8-7-18(3)32-15-21/h4,7-12,14-15,19,26-27H,1,5-6,13,16H2,2-3H3,(H,33,38)(H,34,39)/t19?,26?,27-/m1/s1. The van der Waals surface area contributed by atoms with Crippen molar-refractivity contribution in [2.45, 2.75) is 49.0 Å². The highest BCUT2D eigenvalue weighted by Crippen LogP contribution is 2.51. The number of carbonyl (C=O) groups excluding carboxylic acids is 3. The second kappa shape index (κ2) is 10.9. The summed E-state index contributed by atoms with van der Waals surface area (Å²) in [4.78, 5) is 51.3. The van der Waals surface area contributed by atoms with Crippen LogP contribution >= 0.6 is 11.8 Å². The number of thioether (sulfide) groups is 1. The van der Waals surface area contributed by atoms with Gasteiger partial charge in [-0.05, 0) is 74.7 Å². The molecule has 2 aromatic heterocycles. The number of pyridine rings is 2. The smallest absolute Gasteiger partial charge is 0.327 e. The maximum atomic E-state index is 13.6. The fourth-order valence-corrected chi connectivity index (χ4v) is 6.80. The SMILES string of the molecule is C=CC(=O)N1CCCC(NC(=O)[C@@H]2Sc3nccc4c3C2NC(=O)N4c2ccc(Oc3ccc(C)nc3)cc2C)C1. The lowest BCUT2D eigenvalue weighted by Gasteiger charge is -2.36. The Morgan fingerprint density at radius 3 is 2.73 bits per heavy atom. The molecular weight excluding hydrogens is 540 g/mol. The molecule has 210 valence electrons. The molecule has 6 rings (SSSR count). The summed E-state index contributed by atoms with van der Waals surface area (Å²) >= 11 is 1.35. The Bertz CT molecular complexity index is 1540. The average molecular weight is 571 g/mol. The van der Waals surface area contributed by atoms with Gasteiger partial charge in [-0.2, -0.15) is 0 Å². The number of likely N-dealkylation sites (tertiary alicyclic amines) is 1. The van der Waals surface area contributed by atoms with Crippen LogP contribution in [0.15, 0.2) is 66.5 Å². The summed E-state index contributed by atoms with van der Waals surface area (Å²) in [6.45, 7) is 8.49. The number of aryl methyl sites for hydroxylation is 2. The fourth-order valence-electron chi connectivity index (χ4n) is 5.56. The maximum Gasteiger partial charge on any atom is 0.327 e. The van der Waals surface area contributed by atoms with E-state index in [0.29, 0.717) is 41.0 Å². The number of carbonyl (C=O) groups is 3. The molecule has 11 heteroatoms. The van der Waals surface area contributed by atoms with Crippen molar-refractivity contribution in [2.24, 2.45) is 0 Å². The minimum atomic E-state index is -0.574. The molecular formula is C30H30N6O4S. The second-order valence-corrected chi connectivity index (χ2v) is 11.5. The van der Waals surface area contributed by atoms with Crippen molar-refractivity contribution in [3.8, 4) is 11.5 Å². The van der Waals surface area contributed by atoms with Gasteiger partial charge in [-0.3, -0.25) is 19.5 Å². The normalized spacial score (nSPS) is 21.1. The highest BCUT2D eigenvalue weighted by Gasteiger charge is 2.47. The summed E-state index contributed by atoms with van der Waals surface area (Å²) in [5.74, 6) is 0.944. The molecule has 3 aliphatic rings. The summed E-state index contributed by atoms with van der Waals surface area (Å²) in [5, 5.41) is 6.31. The van der Waals surface area contributed by atoms with Crippen LogP contribution in [0.25, 0.3) is 0 Å². The van der Waals surface area contributed by atoms with E-state index in [-0.39, 0.29) is 23.9 Å². The molecule has 3 atom stereocenters. The van der Waals surface area contributed by atoms with Crippen molar-refractivity contribution in [3.05, 3.63) is 78.3 Å². The first-order valence-electron chi connectivity index (χ1n) is 13.5. The Morgan fingerprint density at radius 1 is 1.15 bits per heavy atom. The van der Waals surface area contributed by atoms with E-state index >= 15 is 0 Å². The molecule has 3 aromatic rings. The Kier molecular flexibility index (Phi) is 7.12. The van der Waals surface area contributed by atoms with Crippen LogP contribution in [0.5, 0.6) is 11.5 Å². The van der Waals surface area contributed by atoms with Gasteiger partial charge in [0.05, 0.1) is 23.6 Å². The number of benzene rings is 1.